The molecule has 0 unspecified atom stereocenters. The molecular formula is C32H39N3O6. The number of unbranched alkanes of at least 4 members (excludes halogenated alkanes) is 6. The van der Waals surface area contributed by atoms with Crippen LogP contribution in [0.25, 0.3) is 10.8 Å². The van der Waals surface area contributed by atoms with E-state index in [1.54, 1.807) is 18.2 Å². The van der Waals surface area contributed by atoms with Crippen LogP contribution in [-0.4, -0.2) is 44.8 Å². The van der Waals surface area contributed by atoms with Gasteiger partial charge in [-0.15, -0.1) is 0 Å². The van der Waals surface area contributed by atoms with Gasteiger partial charge in [0, 0.05) is 12.0 Å². The summed E-state index contributed by atoms with van der Waals surface area (Å²) >= 11 is 0. The van der Waals surface area contributed by atoms with Crippen molar-refractivity contribution in [3.05, 3.63) is 65.7 Å². The minimum atomic E-state index is -0.594. The zero-order chi connectivity index (χ0) is 29.5. The lowest BCUT2D eigenvalue weighted by molar-refractivity contribution is -0.126. The van der Waals surface area contributed by atoms with Crippen LogP contribution >= 0.6 is 0 Å². The molecule has 0 fully saturated rings. The zero-order valence-electron chi connectivity index (χ0n) is 24.0. The molecule has 0 aromatic heterocycles. The van der Waals surface area contributed by atoms with Gasteiger partial charge in [0.15, 0.2) is 11.5 Å². The van der Waals surface area contributed by atoms with E-state index >= 15 is 0 Å². The topological polar surface area (TPSA) is 115 Å². The van der Waals surface area contributed by atoms with Crippen molar-refractivity contribution in [2.24, 2.45) is 5.10 Å². The Morgan fingerprint density at radius 2 is 1.51 bits per heavy atom. The van der Waals surface area contributed by atoms with Gasteiger partial charge < -0.3 is 19.5 Å². The normalized spacial score (nSPS) is 10.9. The fourth-order valence-electron chi connectivity index (χ4n) is 4.34. The zero-order valence-corrected chi connectivity index (χ0v) is 24.0. The highest BCUT2D eigenvalue weighted by molar-refractivity contribution is 6.04. The number of carbonyl (C=O) groups is 3. The van der Waals surface area contributed by atoms with Crippen LogP contribution in [0.15, 0.2) is 59.7 Å². The highest BCUT2D eigenvalue weighted by Crippen LogP contribution is 2.30. The molecule has 3 aromatic carbocycles. The van der Waals surface area contributed by atoms with Crippen LogP contribution in [0.1, 0.15) is 74.2 Å². The Kier molecular flexibility index (Phi) is 12.6. The smallest absolute Gasteiger partial charge is 0.343 e. The number of fused-ring (bicyclic) bond motifs is 1. The molecule has 0 saturated carbocycles. The fraction of sp³-hybridized carbons (Fsp3) is 0.375. The van der Waals surface area contributed by atoms with Crippen molar-refractivity contribution in [2.75, 3.05) is 20.8 Å². The Bertz CT molecular complexity index is 1350. The lowest BCUT2D eigenvalue weighted by Crippen LogP contribution is -2.34. The molecule has 2 amide bonds. The number of rotatable bonds is 16. The summed E-state index contributed by atoms with van der Waals surface area (Å²) in [6.45, 7) is 2.01. The maximum Gasteiger partial charge on any atom is 0.343 e. The molecule has 3 aromatic rings. The van der Waals surface area contributed by atoms with Gasteiger partial charge in [0.05, 0.1) is 32.5 Å². The predicted molar refractivity (Wildman–Crippen MR) is 160 cm³/mol. The van der Waals surface area contributed by atoms with Crippen molar-refractivity contribution < 1.29 is 28.6 Å². The summed E-state index contributed by atoms with van der Waals surface area (Å²) in [6, 6.07) is 15.8. The van der Waals surface area contributed by atoms with Crippen LogP contribution in [0.4, 0.5) is 0 Å². The second-order valence-electron chi connectivity index (χ2n) is 9.60. The van der Waals surface area contributed by atoms with Crippen LogP contribution < -0.4 is 25.0 Å². The Morgan fingerprint density at radius 1 is 0.805 bits per heavy atom. The number of nitrogens with zero attached hydrogens (tertiary/aromatic N) is 1. The van der Waals surface area contributed by atoms with E-state index in [0.717, 1.165) is 30.0 Å². The van der Waals surface area contributed by atoms with Crippen molar-refractivity contribution >= 4 is 34.8 Å². The van der Waals surface area contributed by atoms with E-state index in [2.05, 4.69) is 22.8 Å². The van der Waals surface area contributed by atoms with Crippen molar-refractivity contribution in [1.82, 2.24) is 10.7 Å². The largest absolute Gasteiger partial charge is 0.493 e. The quantitative estimate of drug-likeness (QED) is 0.0753. The third-order valence-electron chi connectivity index (χ3n) is 6.59. The van der Waals surface area contributed by atoms with E-state index in [-0.39, 0.29) is 23.8 Å². The minimum absolute atomic E-state index is 0.156. The second kappa shape index (κ2) is 16.6. The minimum Gasteiger partial charge on any atom is -0.493 e. The summed E-state index contributed by atoms with van der Waals surface area (Å²) in [5, 5.41) is 8.39. The molecule has 0 radical (unpaired) electrons. The van der Waals surface area contributed by atoms with E-state index in [9.17, 15) is 14.4 Å². The number of hydrogen-bond donors (Lipinski definition) is 2. The first-order valence-electron chi connectivity index (χ1n) is 14.0. The first kappa shape index (κ1) is 31.1. The number of carbonyl (C=O) groups excluding carboxylic acids is 3. The first-order chi connectivity index (χ1) is 20.0. The van der Waals surface area contributed by atoms with E-state index < -0.39 is 11.9 Å². The van der Waals surface area contributed by atoms with E-state index in [1.807, 2.05) is 30.3 Å². The Balaban J connectivity index is 1.60. The van der Waals surface area contributed by atoms with Gasteiger partial charge in [-0.1, -0.05) is 75.8 Å². The molecule has 218 valence electrons. The van der Waals surface area contributed by atoms with Crippen molar-refractivity contribution in [3.8, 4) is 17.2 Å². The molecule has 0 aliphatic rings. The third kappa shape index (κ3) is 9.63. The number of methoxy groups -OCH3 is 2. The molecule has 0 atom stereocenters. The molecular weight excluding hydrogens is 522 g/mol. The Morgan fingerprint density at radius 3 is 2.27 bits per heavy atom. The number of hydrogen-bond acceptors (Lipinski definition) is 7. The lowest BCUT2D eigenvalue weighted by Gasteiger charge is -2.12. The van der Waals surface area contributed by atoms with Gasteiger partial charge in [-0.05, 0) is 41.5 Å². The van der Waals surface area contributed by atoms with E-state index in [0.29, 0.717) is 23.5 Å². The van der Waals surface area contributed by atoms with Gasteiger partial charge in [-0.3, -0.25) is 9.59 Å². The van der Waals surface area contributed by atoms with Gasteiger partial charge in [-0.25, -0.2) is 10.2 Å². The van der Waals surface area contributed by atoms with Gasteiger partial charge in [0.1, 0.15) is 5.75 Å². The van der Waals surface area contributed by atoms with Gasteiger partial charge in [-0.2, -0.15) is 5.10 Å². The molecule has 0 heterocycles. The molecule has 3 rings (SSSR count). The van der Waals surface area contributed by atoms with Crippen LogP contribution in [0.2, 0.25) is 0 Å². The van der Waals surface area contributed by atoms with Gasteiger partial charge >= 0.3 is 5.97 Å². The predicted octanol–water partition coefficient (Wildman–Crippen LogP) is 5.78. The Labute approximate surface area is 241 Å². The van der Waals surface area contributed by atoms with Crippen LogP contribution in [0.5, 0.6) is 17.2 Å². The summed E-state index contributed by atoms with van der Waals surface area (Å²) in [7, 11) is 3.00. The summed E-state index contributed by atoms with van der Waals surface area (Å²) < 4.78 is 16.3. The van der Waals surface area contributed by atoms with E-state index in [4.69, 9.17) is 14.2 Å². The molecule has 0 saturated heterocycles. The maximum absolute atomic E-state index is 13.0. The van der Waals surface area contributed by atoms with Gasteiger partial charge in [0.2, 0.25) is 5.91 Å². The summed E-state index contributed by atoms with van der Waals surface area (Å²) in [6.07, 6.45) is 9.68. The number of amides is 2. The fourth-order valence-corrected chi connectivity index (χ4v) is 4.34. The van der Waals surface area contributed by atoms with Crippen molar-refractivity contribution in [3.63, 3.8) is 0 Å². The second-order valence-corrected chi connectivity index (χ2v) is 9.60. The maximum atomic E-state index is 13.0. The summed E-state index contributed by atoms with van der Waals surface area (Å²) in [5.74, 6) is -0.0470. The molecule has 41 heavy (non-hydrogen) atoms. The summed E-state index contributed by atoms with van der Waals surface area (Å²) in [4.78, 5) is 37.3. The molecule has 0 spiro atoms. The van der Waals surface area contributed by atoms with Gasteiger partial charge in [0.25, 0.3) is 5.91 Å². The highest BCUT2D eigenvalue weighted by atomic mass is 16.5. The average Bonchev–Trinajstić information content (AvgIpc) is 2.99. The van der Waals surface area contributed by atoms with Crippen LogP contribution in [0.3, 0.4) is 0 Å². The van der Waals surface area contributed by atoms with Crippen molar-refractivity contribution in [1.29, 1.82) is 0 Å². The van der Waals surface area contributed by atoms with Crippen molar-refractivity contribution in [2.45, 2.75) is 58.3 Å². The standard InChI is InChI=1S/C32H39N3O6/c1-4-5-6-7-8-9-10-15-30(36)33-22-31(37)35-34-21-26-25-14-12-11-13-23(25)16-18-27(26)41-32(38)24-17-19-28(39-2)29(20-24)40-3/h11-14,16-21H,4-10,15,22H2,1-3H3,(H,33,36)(H,35,37)/b34-21-. The molecule has 2 N–H and O–H groups in total. The van der Waals surface area contributed by atoms with E-state index in [1.165, 1.54) is 52.2 Å². The molecule has 9 nitrogen and oxygen atoms in total. The molecule has 0 bridgehead atoms. The number of benzene rings is 3. The number of nitrogens with one attached hydrogen (secondary N) is 2. The lowest BCUT2D eigenvalue weighted by atomic mass is 10.0. The molecule has 9 heteroatoms. The number of hydrazone groups is 1. The summed E-state index contributed by atoms with van der Waals surface area (Å²) in [5.41, 5.74) is 3.22. The first-order valence-corrected chi connectivity index (χ1v) is 14.0. The number of esters is 1. The van der Waals surface area contributed by atoms with Crippen LogP contribution in [-0.2, 0) is 9.59 Å². The Hall–Kier alpha value is -4.40. The van der Waals surface area contributed by atoms with Crippen LogP contribution in [0, 0.1) is 0 Å². The molecule has 0 aliphatic heterocycles. The third-order valence-corrected chi connectivity index (χ3v) is 6.59. The average molecular weight is 562 g/mol. The monoisotopic (exact) mass is 561 g/mol. The number of ether oxygens (including phenoxy) is 3. The SMILES string of the molecule is CCCCCCCCCC(=O)NCC(=O)N/N=C\c1c(OC(=O)c2ccc(OC)c(OC)c2)ccc2ccccc12. The molecule has 0 aliphatic carbocycles. The highest BCUT2D eigenvalue weighted by Gasteiger charge is 2.16.